The monoisotopic (exact) mass is 461 g/mol. The second-order valence-corrected chi connectivity index (χ2v) is 9.61. The minimum Gasteiger partial charge on any atom is -0.483 e. The van der Waals surface area contributed by atoms with Crippen LogP contribution < -0.4 is 14.4 Å². The Labute approximate surface area is 193 Å². The van der Waals surface area contributed by atoms with Crippen molar-refractivity contribution in [1.29, 1.82) is 5.26 Å². The summed E-state index contributed by atoms with van der Waals surface area (Å²) in [6.45, 7) is 1.95. The van der Waals surface area contributed by atoms with E-state index in [9.17, 15) is 13.2 Å². The van der Waals surface area contributed by atoms with Crippen LogP contribution in [0.15, 0.2) is 71.6 Å². The molecule has 0 fully saturated rings. The van der Waals surface area contributed by atoms with Crippen molar-refractivity contribution in [2.24, 2.45) is 0 Å². The van der Waals surface area contributed by atoms with Gasteiger partial charge in [-0.1, -0.05) is 30.3 Å². The number of amides is 1. The van der Waals surface area contributed by atoms with E-state index in [1.165, 1.54) is 10.4 Å². The van der Waals surface area contributed by atoms with Crippen LogP contribution in [-0.4, -0.2) is 27.5 Å². The number of nitriles is 1. The molecule has 0 aromatic heterocycles. The molecule has 7 nitrogen and oxygen atoms in total. The van der Waals surface area contributed by atoms with E-state index in [-0.39, 0.29) is 17.4 Å². The molecule has 33 heavy (non-hydrogen) atoms. The van der Waals surface area contributed by atoms with E-state index in [1.807, 2.05) is 24.3 Å². The minimum absolute atomic E-state index is 0.186. The summed E-state index contributed by atoms with van der Waals surface area (Å²) in [6, 6.07) is 21.2. The molecule has 0 saturated heterocycles. The normalized spacial score (nSPS) is 12.7. The van der Waals surface area contributed by atoms with E-state index in [4.69, 9.17) is 10.00 Å². The summed E-state index contributed by atoms with van der Waals surface area (Å²) in [4.78, 5) is 12.4. The van der Waals surface area contributed by atoms with Crippen LogP contribution in [-0.2, 0) is 27.7 Å². The molecular formula is C25H23N3O4S. The molecule has 0 unspecified atom stereocenters. The molecule has 0 radical (unpaired) electrons. The summed E-state index contributed by atoms with van der Waals surface area (Å²) in [7, 11) is -3.69. The second-order valence-electron chi connectivity index (χ2n) is 7.75. The largest absolute Gasteiger partial charge is 0.483 e. The molecule has 1 amide bonds. The molecule has 8 heteroatoms. The maximum absolute atomic E-state index is 13.2. The highest BCUT2D eigenvalue weighted by atomic mass is 32.2. The molecule has 3 aromatic carbocycles. The molecule has 0 spiro atoms. The van der Waals surface area contributed by atoms with Gasteiger partial charge < -0.3 is 10.1 Å². The van der Waals surface area contributed by atoms with Crippen LogP contribution in [0, 0.1) is 18.3 Å². The van der Waals surface area contributed by atoms with Crippen molar-refractivity contribution in [1.82, 2.24) is 0 Å². The Balaban J connectivity index is 1.41. The molecule has 4 rings (SSSR count). The molecular weight excluding hydrogens is 438 g/mol. The highest BCUT2D eigenvalue weighted by molar-refractivity contribution is 7.92. The molecule has 0 bridgehead atoms. The minimum atomic E-state index is -3.69. The Bertz CT molecular complexity index is 1330. The zero-order valence-corrected chi connectivity index (χ0v) is 18.9. The van der Waals surface area contributed by atoms with E-state index < -0.39 is 10.0 Å². The van der Waals surface area contributed by atoms with Crippen LogP contribution >= 0.6 is 0 Å². The third-order valence-electron chi connectivity index (χ3n) is 5.46. The number of rotatable bonds is 7. The molecule has 0 aliphatic carbocycles. The SMILES string of the molecule is Cc1cc(S(=O)(=O)N2CCc3ccccc32)ccc1OCC(=O)Nc1ccc(CC#N)cc1. The standard InChI is InChI=1S/C25H23N3O4S/c1-18-16-22(33(30,31)28-15-13-20-4-2-3-5-23(20)28)10-11-24(18)32-17-25(29)27-21-8-6-19(7-9-21)12-14-26/h2-11,16H,12-13,15,17H2,1H3,(H,27,29). The van der Waals surface area contributed by atoms with Gasteiger partial charge in [0.25, 0.3) is 15.9 Å². The number of para-hydroxylation sites is 1. The zero-order valence-electron chi connectivity index (χ0n) is 18.1. The van der Waals surface area contributed by atoms with Gasteiger partial charge >= 0.3 is 0 Å². The lowest BCUT2D eigenvalue weighted by molar-refractivity contribution is -0.118. The molecule has 0 saturated carbocycles. The second kappa shape index (κ2) is 9.35. The Morgan fingerprint density at radius 1 is 1.12 bits per heavy atom. The summed E-state index contributed by atoms with van der Waals surface area (Å²) in [5, 5.41) is 11.5. The van der Waals surface area contributed by atoms with Gasteiger partial charge in [-0.05, 0) is 66.4 Å². The molecule has 168 valence electrons. The Hall–Kier alpha value is -3.83. The smallest absolute Gasteiger partial charge is 0.264 e. The van der Waals surface area contributed by atoms with Crippen LogP contribution in [0.1, 0.15) is 16.7 Å². The predicted octanol–water partition coefficient (Wildman–Crippen LogP) is 3.83. The van der Waals surface area contributed by atoms with E-state index >= 15 is 0 Å². The fourth-order valence-corrected chi connectivity index (χ4v) is 5.36. The fourth-order valence-electron chi connectivity index (χ4n) is 3.77. The molecule has 1 N–H and O–H groups in total. The summed E-state index contributed by atoms with van der Waals surface area (Å²) < 4.78 is 33.5. The Morgan fingerprint density at radius 3 is 2.61 bits per heavy atom. The number of benzene rings is 3. The number of carbonyl (C=O) groups excluding carboxylic acids is 1. The quantitative estimate of drug-likeness (QED) is 0.576. The van der Waals surface area contributed by atoms with Crippen LogP contribution in [0.2, 0.25) is 0 Å². The van der Waals surface area contributed by atoms with Gasteiger partial charge in [0.15, 0.2) is 6.61 Å². The Kier molecular flexibility index (Phi) is 6.33. The predicted molar refractivity (Wildman–Crippen MR) is 126 cm³/mol. The van der Waals surface area contributed by atoms with Gasteiger partial charge in [-0.15, -0.1) is 0 Å². The van der Waals surface area contributed by atoms with Crippen molar-refractivity contribution in [3.63, 3.8) is 0 Å². The fraction of sp³-hybridized carbons (Fsp3) is 0.200. The van der Waals surface area contributed by atoms with Gasteiger partial charge in [-0.3, -0.25) is 9.10 Å². The van der Waals surface area contributed by atoms with Crippen molar-refractivity contribution in [3.05, 3.63) is 83.4 Å². The average Bonchev–Trinajstić information content (AvgIpc) is 3.25. The topological polar surface area (TPSA) is 99.5 Å². The summed E-state index contributed by atoms with van der Waals surface area (Å²) in [6.07, 6.45) is 0.998. The zero-order chi connectivity index (χ0) is 23.4. The van der Waals surface area contributed by atoms with Gasteiger partial charge in [0.1, 0.15) is 5.75 Å². The first kappa shape index (κ1) is 22.4. The Morgan fingerprint density at radius 2 is 1.88 bits per heavy atom. The van der Waals surface area contributed by atoms with E-state index in [1.54, 1.807) is 43.3 Å². The van der Waals surface area contributed by atoms with Gasteiger partial charge in [0.2, 0.25) is 0 Å². The van der Waals surface area contributed by atoms with Crippen LogP contribution in [0.5, 0.6) is 5.75 Å². The third kappa shape index (κ3) is 4.83. The van der Waals surface area contributed by atoms with Gasteiger partial charge in [0.05, 0.1) is 23.1 Å². The number of hydrogen-bond donors (Lipinski definition) is 1. The first-order valence-corrected chi connectivity index (χ1v) is 11.9. The lowest BCUT2D eigenvalue weighted by Gasteiger charge is -2.20. The van der Waals surface area contributed by atoms with Crippen molar-refractivity contribution in [2.45, 2.75) is 24.7 Å². The summed E-state index contributed by atoms with van der Waals surface area (Å²) >= 11 is 0. The lowest BCUT2D eigenvalue weighted by Crippen LogP contribution is -2.29. The highest BCUT2D eigenvalue weighted by Crippen LogP contribution is 2.33. The third-order valence-corrected chi connectivity index (χ3v) is 7.27. The van der Waals surface area contributed by atoms with E-state index in [2.05, 4.69) is 11.4 Å². The maximum Gasteiger partial charge on any atom is 0.264 e. The van der Waals surface area contributed by atoms with Crippen molar-refractivity contribution in [3.8, 4) is 11.8 Å². The first-order valence-electron chi connectivity index (χ1n) is 10.5. The van der Waals surface area contributed by atoms with Crippen molar-refractivity contribution in [2.75, 3.05) is 22.8 Å². The first-order chi connectivity index (χ1) is 15.9. The molecule has 0 atom stereocenters. The summed E-state index contributed by atoms with van der Waals surface area (Å²) in [5.41, 5.74) is 3.83. The van der Waals surface area contributed by atoms with Crippen molar-refractivity contribution < 1.29 is 17.9 Å². The number of sulfonamides is 1. The number of nitrogens with zero attached hydrogens (tertiary/aromatic N) is 2. The van der Waals surface area contributed by atoms with Gasteiger partial charge in [-0.2, -0.15) is 5.26 Å². The maximum atomic E-state index is 13.2. The molecule has 1 aliphatic heterocycles. The molecule has 1 heterocycles. The van der Waals surface area contributed by atoms with Gasteiger partial charge in [0, 0.05) is 12.2 Å². The van der Waals surface area contributed by atoms with Crippen LogP contribution in [0.3, 0.4) is 0 Å². The number of fused-ring (bicyclic) bond motifs is 1. The van der Waals surface area contributed by atoms with E-state index in [0.717, 1.165) is 11.1 Å². The highest BCUT2D eigenvalue weighted by Gasteiger charge is 2.30. The van der Waals surface area contributed by atoms with Crippen LogP contribution in [0.25, 0.3) is 0 Å². The number of carbonyl (C=O) groups is 1. The molecule has 3 aromatic rings. The van der Waals surface area contributed by atoms with Crippen molar-refractivity contribution >= 4 is 27.3 Å². The number of hydrogen-bond acceptors (Lipinski definition) is 5. The van der Waals surface area contributed by atoms with E-state index in [0.29, 0.717) is 42.1 Å². The average molecular weight is 462 g/mol. The van der Waals surface area contributed by atoms with Crippen LogP contribution in [0.4, 0.5) is 11.4 Å². The number of nitrogens with one attached hydrogen (secondary N) is 1. The van der Waals surface area contributed by atoms with Gasteiger partial charge in [-0.25, -0.2) is 8.42 Å². The number of aryl methyl sites for hydroxylation is 1. The lowest BCUT2D eigenvalue weighted by atomic mass is 10.1. The number of anilines is 2. The number of ether oxygens (including phenoxy) is 1. The summed E-state index contributed by atoms with van der Waals surface area (Å²) in [5.74, 6) is 0.100. The molecule has 1 aliphatic rings.